The number of amides is 2. The summed E-state index contributed by atoms with van der Waals surface area (Å²) in [5.74, 6) is -0.860. The average molecular weight is 449 g/mol. The first-order chi connectivity index (χ1) is 14.6. The van der Waals surface area contributed by atoms with E-state index in [-0.39, 0.29) is 23.2 Å². The lowest BCUT2D eigenvalue weighted by Crippen LogP contribution is -2.41. The Morgan fingerprint density at radius 2 is 1.84 bits per heavy atom. The zero-order chi connectivity index (χ0) is 22.9. The Kier molecular flexibility index (Phi) is 7.03. The maximum absolute atomic E-state index is 13.0. The van der Waals surface area contributed by atoms with Crippen molar-refractivity contribution in [2.45, 2.75) is 64.7 Å². The van der Waals surface area contributed by atoms with Crippen LogP contribution in [-0.2, 0) is 11.8 Å². The molecule has 1 aliphatic rings. The quantitative estimate of drug-likeness (QED) is 0.525. The van der Waals surface area contributed by atoms with Crippen LogP contribution in [-0.4, -0.2) is 43.7 Å². The van der Waals surface area contributed by atoms with Gasteiger partial charge < -0.3 is 25.4 Å². The van der Waals surface area contributed by atoms with Gasteiger partial charge in [-0.3, -0.25) is 9.59 Å². The molecule has 2 amide bonds. The number of aryl methyl sites for hydroxylation is 1. The summed E-state index contributed by atoms with van der Waals surface area (Å²) in [6, 6.07) is 3.20. The molecular formula is C22H29ClN4O4. The fourth-order valence-electron chi connectivity index (χ4n) is 4.24. The second kappa shape index (κ2) is 9.38. The molecule has 0 aromatic carbocycles. The first kappa shape index (κ1) is 23.2. The van der Waals surface area contributed by atoms with E-state index in [0.717, 1.165) is 0 Å². The number of nitrogens with one attached hydrogen (secondary N) is 2. The topological polar surface area (TPSA) is 116 Å². The molecule has 31 heavy (non-hydrogen) atoms. The first-order valence-electron chi connectivity index (χ1n) is 10.4. The number of carbonyl (C=O) groups is 2. The van der Waals surface area contributed by atoms with Gasteiger partial charge in [0.25, 0.3) is 11.8 Å². The molecule has 1 unspecified atom stereocenters. The molecule has 0 spiro atoms. The van der Waals surface area contributed by atoms with Gasteiger partial charge in [-0.2, -0.15) is 0 Å². The van der Waals surface area contributed by atoms with Crippen LogP contribution < -0.4 is 10.6 Å². The first-order valence-corrected chi connectivity index (χ1v) is 10.7. The molecule has 0 saturated heterocycles. The Morgan fingerprint density at radius 1 is 1.19 bits per heavy atom. The number of aromatic nitrogens is 2. The van der Waals surface area contributed by atoms with E-state index < -0.39 is 12.0 Å². The summed E-state index contributed by atoms with van der Waals surface area (Å²) in [7, 11) is 1.72. The summed E-state index contributed by atoms with van der Waals surface area (Å²) in [5.41, 5.74) is 3.14. The molecule has 9 heteroatoms. The number of hydrogen-bond donors (Lipinski definition) is 4. The van der Waals surface area contributed by atoms with Crippen molar-refractivity contribution < 1.29 is 19.8 Å². The summed E-state index contributed by atoms with van der Waals surface area (Å²) >= 11 is 5.98. The van der Waals surface area contributed by atoms with Gasteiger partial charge in [-0.1, -0.05) is 11.6 Å². The van der Waals surface area contributed by atoms with Crippen LogP contribution in [0.1, 0.15) is 64.8 Å². The molecule has 1 atom stereocenters. The van der Waals surface area contributed by atoms with Gasteiger partial charge in [0.15, 0.2) is 6.10 Å². The summed E-state index contributed by atoms with van der Waals surface area (Å²) < 4.78 is 1.67. The standard InChI is InChI=1S/C22H29ClN4O4/c1-11-9-15(10-17(23)24-11)26-21(30)18-12(2)19(27(4)13(18)3)20(29)22(31)25-14-5-7-16(28)8-6-14/h9-10,14,16,20,28-29H,5-8H2,1-4H3,(H,25,31)(H,24,26,30). The van der Waals surface area contributed by atoms with Crippen molar-refractivity contribution in [1.29, 1.82) is 0 Å². The van der Waals surface area contributed by atoms with Crippen molar-refractivity contribution in [3.05, 3.63) is 45.5 Å². The average Bonchev–Trinajstić information content (AvgIpc) is 2.90. The highest BCUT2D eigenvalue weighted by atomic mass is 35.5. The molecule has 2 aromatic rings. The summed E-state index contributed by atoms with van der Waals surface area (Å²) in [6.07, 6.45) is 0.877. The van der Waals surface area contributed by atoms with E-state index in [2.05, 4.69) is 15.6 Å². The number of aliphatic hydroxyl groups excluding tert-OH is 2. The molecule has 4 N–H and O–H groups in total. The second-order valence-corrected chi connectivity index (χ2v) is 8.61. The highest BCUT2D eigenvalue weighted by Crippen LogP contribution is 2.28. The number of pyridine rings is 1. The Labute approximate surface area is 186 Å². The lowest BCUT2D eigenvalue weighted by atomic mass is 9.93. The third-order valence-electron chi connectivity index (χ3n) is 5.94. The van der Waals surface area contributed by atoms with E-state index in [0.29, 0.717) is 59.6 Å². The largest absolute Gasteiger partial charge is 0.393 e. The van der Waals surface area contributed by atoms with E-state index in [1.54, 1.807) is 44.5 Å². The molecule has 0 bridgehead atoms. The molecule has 2 aromatic heterocycles. The SMILES string of the molecule is Cc1cc(NC(=O)c2c(C)c(C(O)C(=O)NC3CCC(O)CC3)n(C)c2C)cc(Cl)n1. The zero-order valence-corrected chi connectivity index (χ0v) is 19.0. The molecule has 8 nitrogen and oxygen atoms in total. The van der Waals surface area contributed by atoms with Gasteiger partial charge >= 0.3 is 0 Å². The molecular weight excluding hydrogens is 420 g/mol. The molecule has 3 rings (SSSR count). The number of aliphatic hydroxyl groups is 2. The lowest BCUT2D eigenvalue weighted by molar-refractivity contribution is -0.131. The van der Waals surface area contributed by atoms with Crippen LogP contribution in [0.3, 0.4) is 0 Å². The highest BCUT2D eigenvalue weighted by Gasteiger charge is 2.30. The molecule has 1 saturated carbocycles. The van der Waals surface area contributed by atoms with Crippen molar-refractivity contribution in [3.63, 3.8) is 0 Å². The number of nitrogens with zero attached hydrogens (tertiary/aromatic N) is 2. The van der Waals surface area contributed by atoms with E-state index >= 15 is 0 Å². The monoisotopic (exact) mass is 448 g/mol. The zero-order valence-electron chi connectivity index (χ0n) is 18.2. The summed E-state index contributed by atoms with van der Waals surface area (Å²) in [4.78, 5) is 29.8. The van der Waals surface area contributed by atoms with Gasteiger partial charge in [0.1, 0.15) is 5.15 Å². The number of rotatable bonds is 5. The lowest BCUT2D eigenvalue weighted by Gasteiger charge is -2.27. The van der Waals surface area contributed by atoms with Crippen molar-refractivity contribution in [2.24, 2.45) is 7.05 Å². The van der Waals surface area contributed by atoms with Crippen LogP contribution in [0.5, 0.6) is 0 Å². The highest BCUT2D eigenvalue weighted by molar-refractivity contribution is 6.29. The van der Waals surface area contributed by atoms with E-state index in [9.17, 15) is 19.8 Å². The fraction of sp³-hybridized carbons (Fsp3) is 0.500. The van der Waals surface area contributed by atoms with Crippen LogP contribution in [0, 0.1) is 20.8 Å². The molecule has 1 aliphatic carbocycles. The van der Waals surface area contributed by atoms with Crippen molar-refractivity contribution in [3.8, 4) is 0 Å². The number of halogens is 1. The normalized spacial score (nSPS) is 19.7. The van der Waals surface area contributed by atoms with Crippen LogP contribution in [0.25, 0.3) is 0 Å². The van der Waals surface area contributed by atoms with E-state index in [4.69, 9.17) is 11.6 Å². The predicted molar refractivity (Wildman–Crippen MR) is 118 cm³/mol. The third-order valence-corrected chi connectivity index (χ3v) is 6.14. The van der Waals surface area contributed by atoms with Crippen molar-refractivity contribution in [2.75, 3.05) is 5.32 Å². The summed E-state index contributed by atoms with van der Waals surface area (Å²) in [6.45, 7) is 5.26. The van der Waals surface area contributed by atoms with Gasteiger partial charge in [-0.25, -0.2) is 4.98 Å². The minimum Gasteiger partial charge on any atom is -0.393 e. The van der Waals surface area contributed by atoms with Crippen LogP contribution in [0.15, 0.2) is 12.1 Å². The maximum Gasteiger partial charge on any atom is 0.257 e. The van der Waals surface area contributed by atoms with E-state index in [1.807, 2.05) is 0 Å². The van der Waals surface area contributed by atoms with Gasteiger partial charge in [-0.15, -0.1) is 0 Å². The third kappa shape index (κ3) is 5.08. The Bertz CT molecular complexity index is 976. The molecule has 0 radical (unpaired) electrons. The Hall–Kier alpha value is -2.42. The number of hydrogen-bond acceptors (Lipinski definition) is 5. The van der Waals surface area contributed by atoms with Gasteiger partial charge in [0, 0.05) is 30.2 Å². The second-order valence-electron chi connectivity index (χ2n) is 8.22. The molecule has 1 fully saturated rings. The van der Waals surface area contributed by atoms with Crippen LogP contribution in [0.2, 0.25) is 5.15 Å². The number of carbonyl (C=O) groups excluding carboxylic acids is 2. The van der Waals surface area contributed by atoms with Gasteiger partial charge in [0.2, 0.25) is 0 Å². The van der Waals surface area contributed by atoms with Crippen LogP contribution in [0.4, 0.5) is 5.69 Å². The molecule has 168 valence electrons. The fourth-order valence-corrected chi connectivity index (χ4v) is 4.49. The predicted octanol–water partition coefficient (Wildman–Crippen LogP) is 2.70. The van der Waals surface area contributed by atoms with Gasteiger partial charge in [0.05, 0.1) is 17.4 Å². The minimum absolute atomic E-state index is 0.0744. The van der Waals surface area contributed by atoms with Crippen molar-refractivity contribution in [1.82, 2.24) is 14.9 Å². The Morgan fingerprint density at radius 3 is 2.45 bits per heavy atom. The van der Waals surface area contributed by atoms with Gasteiger partial charge in [-0.05, 0) is 64.2 Å². The number of anilines is 1. The van der Waals surface area contributed by atoms with Crippen molar-refractivity contribution >= 4 is 29.1 Å². The summed E-state index contributed by atoms with van der Waals surface area (Å²) in [5, 5.41) is 26.4. The molecule has 0 aliphatic heterocycles. The maximum atomic E-state index is 13.0. The molecule has 2 heterocycles. The smallest absolute Gasteiger partial charge is 0.257 e. The Balaban J connectivity index is 1.80. The van der Waals surface area contributed by atoms with Crippen LogP contribution >= 0.6 is 11.6 Å². The minimum atomic E-state index is -1.41. The van der Waals surface area contributed by atoms with E-state index in [1.165, 1.54) is 0 Å².